The molecule has 11 aromatic rings. The van der Waals surface area contributed by atoms with Gasteiger partial charge in [0.05, 0.1) is 27.8 Å². The lowest BCUT2D eigenvalue weighted by Crippen LogP contribution is -2.50. The van der Waals surface area contributed by atoms with Crippen LogP contribution in [-0.4, -0.2) is 12.6 Å². The Balaban J connectivity index is 1.09. The maximum Gasteiger partial charge on any atom is 0.134 e. The highest BCUT2D eigenvalue weighted by Crippen LogP contribution is 2.65. The minimum atomic E-state index is -2.12. The molecule has 4 heteroatoms. The zero-order chi connectivity index (χ0) is 50.6. The van der Waals surface area contributed by atoms with Crippen molar-refractivity contribution in [2.75, 3.05) is 4.90 Å². The van der Waals surface area contributed by atoms with Crippen molar-refractivity contribution in [1.29, 1.82) is 0 Å². The van der Waals surface area contributed by atoms with Crippen LogP contribution in [0.1, 0.15) is 73.9 Å². The molecule has 0 N–H and O–H groups in total. The number of hydrogen-bond acceptors (Lipinski definition) is 2. The normalized spacial score (nSPS) is 16.3. The molecule has 0 amide bonds. The van der Waals surface area contributed by atoms with Crippen LogP contribution in [0.3, 0.4) is 0 Å². The number of ether oxygens (including phenoxy) is 1. The second-order valence-electron chi connectivity index (χ2n) is 23.4. The SMILES string of the molecule is CC1(C)CCC(C)(C)c2cc(N(c3cccc4c3C3(c5ccccc5O4)c4ccccc4-c4ccccc43)c3cccc4c5cccc(-c6cccc7c6[Si](C)(C)c6ccccc6-7)c5n(-c5ccccc5)c34)ccc21. The number of nitrogens with zero attached hydrogens (tertiary/aromatic N) is 2. The third-order valence-corrected chi connectivity index (χ3v) is 21.7. The number of para-hydroxylation sites is 4. The fraction of sp³-hybridized carbons (Fsp3) is 0.155. The number of anilines is 3. The van der Waals surface area contributed by atoms with E-state index in [4.69, 9.17) is 4.74 Å². The van der Waals surface area contributed by atoms with Crippen LogP contribution >= 0.6 is 0 Å². The highest BCUT2D eigenvalue weighted by molar-refractivity contribution is 7.04. The van der Waals surface area contributed by atoms with Crippen molar-refractivity contribution in [1.82, 2.24) is 4.57 Å². The Morgan fingerprint density at radius 1 is 0.427 bits per heavy atom. The number of aromatic nitrogens is 1. The standard InChI is InChI=1S/C71H58N2OSi/c1-69(2)42-43-70(3,4)59-44-46(40-41-57(59)69)72(60-35-21-38-63-65(60)71(58-34-15-16-37-62(58)74-63)55-32-13-10-24-47(55)48-25-11-14-33-56(48)71)61-36-20-29-51-50-27-18-28-52(66(50)73(67(51)61)45-22-8-7-9-23-45)54-31-19-30-53-49-26-12-17-39-64(49)75(5,6)68(53)54/h7-41,44H,42-43H2,1-6H3. The molecule has 3 nitrogen and oxygen atoms in total. The summed E-state index contributed by atoms with van der Waals surface area (Å²) >= 11 is 0. The van der Waals surface area contributed by atoms with Gasteiger partial charge < -0.3 is 14.2 Å². The van der Waals surface area contributed by atoms with Crippen molar-refractivity contribution in [3.05, 3.63) is 252 Å². The molecule has 0 fully saturated rings. The minimum absolute atomic E-state index is 0.0260. The molecular weight excluding hydrogens is 925 g/mol. The zero-order valence-electron chi connectivity index (χ0n) is 43.5. The highest BCUT2D eigenvalue weighted by atomic mass is 28.3. The largest absolute Gasteiger partial charge is 0.457 e. The molecule has 0 atom stereocenters. The molecule has 1 aromatic heterocycles. The van der Waals surface area contributed by atoms with Gasteiger partial charge in [-0.15, -0.1) is 0 Å². The molecule has 3 heterocycles. The summed E-state index contributed by atoms with van der Waals surface area (Å²) in [6.45, 7) is 14.8. The van der Waals surface area contributed by atoms with Gasteiger partial charge in [-0.2, -0.15) is 0 Å². The Bertz CT molecular complexity index is 4170. The smallest absolute Gasteiger partial charge is 0.134 e. The van der Waals surface area contributed by atoms with E-state index in [0.717, 1.165) is 63.7 Å². The van der Waals surface area contributed by atoms with E-state index in [1.807, 2.05) is 0 Å². The fourth-order valence-corrected chi connectivity index (χ4v) is 18.1. The second-order valence-corrected chi connectivity index (χ2v) is 27.7. The molecule has 2 aliphatic heterocycles. The van der Waals surface area contributed by atoms with Crippen molar-refractivity contribution in [3.8, 4) is 50.6 Å². The lowest BCUT2D eigenvalue weighted by Gasteiger charge is -2.44. The summed E-state index contributed by atoms with van der Waals surface area (Å²) in [6.07, 6.45) is 2.27. The molecule has 2 aliphatic carbocycles. The lowest BCUT2D eigenvalue weighted by atomic mass is 9.63. The van der Waals surface area contributed by atoms with E-state index in [9.17, 15) is 0 Å². The van der Waals surface area contributed by atoms with Gasteiger partial charge in [0.25, 0.3) is 0 Å². The molecule has 75 heavy (non-hydrogen) atoms. The van der Waals surface area contributed by atoms with E-state index >= 15 is 0 Å². The van der Waals surface area contributed by atoms with Gasteiger partial charge in [0.2, 0.25) is 0 Å². The van der Waals surface area contributed by atoms with Crippen LogP contribution in [0.25, 0.3) is 60.9 Å². The Morgan fingerprint density at radius 3 is 1.71 bits per heavy atom. The van der Waals surface area contributed by atoms with E-state index in [-0.39, 0.29) is 10.8 Å². The van der Waals surface area contributed by atoms with E-state index in [2.05, 4.69) is 269 Å². The highest BCUT2D eigenvalue weighted by Gasteiger charge is 2.53. The van der Waals surface area contributed by atoms with Crippen molar-refractivity contribution in [2.24, 2.45) is 0 Å². The summed E-state index contributed by atoms with van der Waals surface area (Å²) < 4.78 is 9.85. The maximum absolute atomic E-state index is 7.25. The Labute approximate surface area is 441 Å². The third-order valence-electron chi connectivity index (χ3n) is 18.1. The van der Waals surface area contributed by atoms with Crippen LogP contribution in [-0.2, 0) is 16.2 Å². The Morgan fingerprint density at radius 2 is 0.960 bits per heavy atom. The molecule has 0 unspecified atom stereocenters. The Hall–Kier alpha value is -8.18. The summed E-state index contributed by atoms with van der Waals surface area (Å²) in [4.78, 5) is 2.62. The first-order valence-electron chi connectivity index (χ1n) is 26.9. The molecule has 4 aliphatic rings. The minimum Gasteiger partial charge on any atom is -0.457 e. The van der Waals surface area contributed by atoms with Crippen molar-refractivity contribution in [2.45, 2.75) is 69.9 Å². The molecule has 10 aromatic carbocycles. The van der Waals surface area contributed by atoms with E-state index in [1.165, 1.54) is 82.3 Å². The molecular formula is C71H58N2OSi. The van der Waals surface area contributed by atoms with Crippen LogP contribution in [0.15, 0.2) is 218 Å². The second kappa shape index (κ2) is 15.7. The summed E-state index contributed by atoms with van der Waals surface area (Å²) in [5, 5.41) is 5.48. The number of hydrogen-bond donors (Lipinski definition) is 0. The van der Waals surface area contributed by atoms with Crippen molar-refractivity contribution in [3.63, 3.8) is 0 Å². The predicted octanol–water partition coefficient (Wildman–Crippen LogP) is 17.5. The van der Waals surface area contributed by atoms with Gasteiger partial charge in [-0.1, -0.05) is 211 Å². The number of rotatable bonds is 5. The van der Waals surface area contributed by atoms with Gasteiger partial charge in [0, 0.05) is 38.8 Å². The molecule has 0 radical (unpaired) electrons. The summed E-state index contributed by atoms with van der Waals surface area (Å²) in [5.41, 5.74) is 21.7. The fourth-order valence-electron chi connectivity index (χ4n) is 14.6. The zero-order valence-corrected chi connectivity index (χ0v) is 44.5. The first-order chi connectivity index (χ1) is 36.5. The van der Waals surface area contributed by atoms with Gasteiger partial charge >= 0.3 is 0 Å². The predicted molar refractivity (Wildman–Crippen MR) is 316 cm³/mol. The van der Waals surface area contributed by atoms with Crippen molar-refractivity contribution >= 4 is 57.3 Å². The van der Waals surface area contributed by atoms with E-state index in [0.29, 0.717) is 0 Å². The number of fused-ring (bicyclic) bond motifs is 16. The quantitative estimate of drug-likeness (QED) is 0.160. The molecule has 1 spiro atoms. The van der Waals surface area contributed by atoms with Gasteiger partial charge in [0.1, 0.15) is 19.6 Å². The molecule has 0 bridgehead atoms. The molecule has 0 saturated heterocycles. The van der Waals surface area contributed by atoms with E-state index < -0.39 is 13.5 Å². The van der Waals surface area contributed by atoms with Gasteiger partial charge in [-0.05, 0) is 133 Å². The van der Waals surface area contributed by atoms with Crippen LogP contribution in [0, 0.1) is 0 Å². The van der Waals surface area contributed by atoms with Gasteiger partial charge in [0.15, 0.2) is 0 Å². The summed E-state index contributed by atoms with van der Waals surface area (Å²) in [7, 11) is -2.12. The van der Waals surface area contributed by atoms with Crippen LogP contribution in [0.4, 0.5) is 17.1 Å². The summed E-state index contributed by atoms with van der Waals surface area (Å²) in [5.74, 6) is 1.75. The monoisotopic (exact) mass is 982 g/mol. The van der Waals surface area contributed by atoms with Gasteiger partial charge in [-0.25, -0.2) is 0 Å². The molecule has 0 saturated carbocycles. The maximum atomic E-state index is 7.25. The average Bonchev–Trinajstić information content (AvgIpc) is 4.05. The first-order valence-corrected chi connectivity index (χ1v) is 29.9. The van der Waals surface area contributed by atoms with Crippen LogP contribution in [0.5, 0.6) is 11.5 Å². The van der Waals surface area contributed by atoms with E-state index in [1.54, 1.807) is 0 Å². The Kier molecular flexibility index (Phi) is 9.26. The molecule has 15 rings (SSSR count). The number of benzene rings is 10. The third kappa shape index (κ3) is 5.97. The van der Waals surface area contributed by atoms with Gasteiger partial charge in [-0.3, -0.25) is 0 Å². The average molecular weight is 983 g/mol. The lowest BCUT2D eigenvalue weighted by molar-refractivity contribution is 0.332. The molecule has 362 valence electrons. The first kappa shape index (κ1) is 44.3. The van der Waals surface area contributed by atoms with Crippen LogP contribution in [0.2, 0.25) is 13.1 Å². The van der Waals surface area contributed by atoms with Crippen molar-refractivity contribution < 1.29 is 4.74 Å². The topological polar surface area (TPSA) is 17.4 Å². The van der Waals surface area contributed by atoms with Crippen LogP contribution < -0.4 is 20.0 Å². The summed E-state index contributed by atoms with van der Waals surface area (Å²) in [6, 6.07) is 82.5.